The van der Waals surface area contributed by atoms with E-state index in [0.717, 1.165) is 11.1 Å². The summed E-state index contributed by atoms with van der Waals surface area (Å²) >= 11 is 0. The van der Waals surface area contributed by atoms with Crippen LogP contribution in [0.5, 0.6) is 0 Å². The van der Waals surface area contributed by atoms with E-state index >= 15 is 0 Å². The Bertz CT molecular complexity index is 947. The molecule has 0 unspecified atom stereocenters. The zero-order chi connectivity index (χ0) is 12.8. The lowest BCUT2D eigenvalue weighted by molar-refractivity contribution is 1.51. The molecule has 0 bridgehead atoms. The van der Waals surface area contributed by atoms with Gasteiger partial charge in [-0.25, -0.2) is 5.41 Å². The highest BCUT2D eigenvalue weighted by Gasteiger charge is 2.09. The van der Waals surface area contributed by atoms with Crippen LogP contribution in [0.4, 0.5) is 5.69 Å². The van der Waals surface area contributed by atoms with Gasteiger partial charge in [0.15, 0.2) is 0 Å². The first-order valence-electron chi connectivity index (χ1n) is 6.17. The molecule has 0 heterocycles. The molecule has 0 saturated heterocycles. The lowest BCUT2D eigenvalue weighted by Gasteiger charge is -2.11. The molecule has 0 amide bonds. The molecule has 0 radical (unpaired) electrons. The summed E-state index contributed by atoms with van der Waals surface area (Å²) in [7, 11) is 0. The summed E-state index contributed by atoms with van der Waals surface area (Å²) in [6, 6.07) is 21.0. The summed E-state index contributed by atoms with van der Waals surface area (Å²) in [4.78, 5) is 4.03. The fourth-order valence-corrected chi connectivity index (χ4v) is 2.88. The van der Waals surface area contributed by atoms with Crippen LogP contribution in [0.15, 0.2) is 59.6 Å². The molecule has 88 valence electrons. The Morgan fingerprint density at radius 3 is 2.11 bits per heavy atom. The van der Waals surface area contributed by atoms with Gasteiger partial charge in [0, 0.05) is 5.39 Å². The van der Waals surface area contributed by atoms with Crippen molar-refractivity contribution in [3.63, 3.8) is 0 Å². The van der Waals surface area contributed by atoms with E-state index in [-0.39, 0.29) is 0 Å². The highest BCUT2D eigenvalue weighted by Crippen LogP contribution is 2.38. The van der Waals surface area contributed by atoms with Crippen LogP contribution >= 0.6 is 0 Å². The molecular formula is C17H10N2. The monoisotopic (exact) mass is 242 g/mol. The Hall–Kier alpha value is -2.70. The Labute approximate surface area is 109 Å². The van der Waals surface area contributed by atoms with Crippen molar-refractivity contribution in [2.24, 2.45) is 4.99 Å². The van der Waals surface area contributed by atoms with E-state index in [2.05, 4.69) is 59.5 Å². The van der Waals surface area contributed by atoms with Crippen LogP contribution in [0.2, 0.25) is 0 Å². The van der Waals surface area contributed by atoms with Crippen molar-refractivity contribution in [3.05, 3.63) is 54.6 Å². The SMILES string of the molecule is N=C=Nc1ccc2ccc3cccc4ccc1c2c34. The van der Waals surface area contributed by atoms with Crippen LogP contribution < -0.4 is 0 Å². The molecule has 0 aliphatic heterocycles. The Morgan fingerprint density at radius 2 is 1.37 bits per heavy atom. The van der Waals surface area contributed by atoms with Gasteiger partial charge < -0.3 is 0 Å². The van der Waals surface area contributed by atoms with Crippen molar-refractivity contribution in [3.8, 4) is 0 Å². The zero-order valence-corrected chi connectivity index (χ0v) is 10.1. The van der Waals surface area contributed by atoms with E-state index in [1.54, 1.807) is 0 Å². The predicted molar refractivity (Wildman–Crippen MR) is 80.0 cm³/mol. The predicted octanol–water partition coefficient (Wildman–Crippen LogP) is 4.97. The van der Waals surface area contributed by atoms with Gasteiger partial charge >= 0.3 is 0 Å². The van der Waals surface area contributed by atoms with Crippen molar-refractivity contribution in [1.82, 2.24) is 0 Å². The summed E-state index contributed by atoms with van der Waals surface area (Å²) in [6.07, 6.45) is 0. The number of nitrogens with one attached hydrogen (secondary N) is 1. The van der Waals surface area contributed by atoms with Gasteiger partial charge in [-0.05, 0) is 33.0 Å². The van der Waals surface area contributed by atoms with Crippen LogP contribution in [0, 0.1) is 5.41 Å². The van der Waals surface area contributed by atoms with Crippen LogP contribution in [-0.4, -0.2) is 6.01 Å². The molecule has 0 saturated carbocycles. The van der Waals surface area contributed by atoms with Crippen molar-refractivity contribution < 1.29 is 0 Å². The molecule has 0 spiro atoms. The standard InChI is InChI=1S/C17H10N2/c18-10-19-15-9-7-13-5-4-11-2-1-3-12-6-8-14(15)17(13)16(11)12/h1-9,18H. The average Bonchev–Trinajstić information content (AvgIpc) is 2.46. The summed E-state index contributed by atoms with van der Waals surface area (Å²) < 4.78 is 0. The fourth-order valence-electron chi connectivity index (χ4n) is 2.88. The van der Waals surface area contributed by atoms with Gasteiger partial charge in [-0.15, -0.1) is 0 Å². The second-order valence-corrected chi connectivity index (χ2v) is 4.66. The maximum absolute atomic E-state index is 7.06. The lowest BCUT2D eigenvalue weighted by Crippen LogP contribution is -1.83. The number of rotatable bonds is 1. The second kappa shape index (κ2) is 3.64. The molecule has 0 aliphatic rings. The number of nitrogens with zero attached hydrogens (tertiary/aromatic N) is 1. The van der Waals surface area contributed by atoms with Crippen molar-refractivity contribution in [1.29, 1.82) is 5.41 Å². The van der Waals surface area contributed by atoms with Crippen LogP contribution in [0.1, 0.15) is 0 Å². The first-order valence-corrected chi connectivity index (χ1v) is 6.17. The van der Waals surface area contributed by atoms with Crippen LogP contribution in [0.3, 0.4) is 0 Å². The van der Waals surface area contributed by atoms with Crippen LogP contribution in [-0.2, 0) is 0 Å². The molecular weight excluding hydrogens is 232 g/mol. The van der Waals surface area contributed by atoms with Gasteiger partial charge in [-0.2, -0.15) is 4.99 Å². The van der Waals surface area contributed by atoms with Gasteiger partial charge in [0.2, 0.25) is 0 Å². The molecule has 0 aromatic heterocycles. The third kappa shape index (κ3) is 1.32. The van der Waals surface area contributed by atoms with Crippen molar-refractivity contribution in [2.75, 3.05) is 0 Å². The van der Waals surface area contributed by atoms with Gasteiger partial charge in [0.05, 0.1) is 11.7 Å². The number of benzene rings is 4. The first-order chi connectivity index (χ1) is 9.38. The molecule has 4 rings (SSSR count). The van der Waals surface area contributed by atoms with E-state index in [1.165, 1.54) is 26.9 Å². The first kappa shape index (κ1) is 10.2. The third-order valence-electron chi connectivity index (χ3n) is 3.68. The molecule has 4 aromatic carbocycles. The zero-order valence-electron chi connectivity index (χ0n) is 10.1. The van der Waals surface area contributed by atoms with Crippen molar-refractivity contribution >= 4 is 44.0 Å². The Kier molecular flexibility index (Phi) is 1.96. The smallest absolute Gasteiger partial charge is 0.0918 e. The van der Waals surface area contributed by atoms with Gasteiger partial charge in [0.25, 0.3) is 0 Å². The highest BCUT2D eigenvalue weighted by molar-refractivity contribution is 6.24. The molecule has 0 atom stereocenters. The summed E-state index contributed by atoms with van der Waals surface area (Å²) in [5, 5.41) is 14.3. The van der Waals surface area contributed by atoms with E-state index in [1.807, 2.05) is 6.07 Å². The maximum atomic E-state index is 7.06. The number of hydrogen-bond donors (Lipinski definition) is 1. The van der Waals surface area contributed by atoms with Crippen LogP contribution in [0.25, 0.3) is 32.3 Å². The molecule has 0 fully saturated rings. The minimum absolute atomic E-state index is 0.806. The summed E-state index contributed by atoms with van der Waals surface area (Å²) in [6.45, 7) is 0. The molecule has 19 heavy (non-hydrogen) atoms. The Morgan fingerprint density at radius 1 is 0.737 bits per heavy atom. The lowest BCUT2D eigenvalue weighted by atomic mass is 9.94. The number of aliphatic imine (C=N–C) groups is 1. The minimum Gasteiger partial charge on any atom is -0.241 e. The topological polar surface area (TPSA) is 36.2 Å². The van der Waals surface area contributed by atoms with E-state index in [4.69, 9.17) is 5.41 Å². The van der Waals surface area contributed by atoms with Gasteiger partial charge in [0.1, 0.15) is 0 Å². The third-order valence-corrected chi connectivity index (χ3v) is 3.68. The highest BCUT2D eigenvalue weighted by atomic mass is 14.7. The van der Waals surface area contributed by atoms with Gasteiger partial charge in [-0.1, -0.05) is 48.5 Å². The summed E-state index contributed by atoms with van der Waals surface area (Å²) in [5.74, 6) is 0. The largest absolute Gasteiger partial charge is 0.241 e. The molecule has 0 aliphatic carbocycles. The number of hydrogen-bond acceptors (Lipinski definition) is 2. The Balaban J connectivity index is 2.38. The maximum Gasteiger partial charge on any atom is 0.0918 e. The van der Waals surface area contributed by atoms with Crippen molar-refractivity contribution in [2.45, 2.75) is 0 Å². The minimum atomic E-state index is 0.806. The quantitative estimate of drug-likeness (QED) is 0.361. The molecule has 2 nitrogen and oxygen atoms in total. The van der Waals surface area contributed by atoms with E-state index in [0.29, 0.717) is 0 Å². The molecule has 1 N–H and O–H groups in total. The van der Waals surface area contributed by atoms with Gasteiger partial charge in [-0.3, -0.25) is 0 Å². The summed E-state index contributed by atoms with van der Waals surface area (Å²) in [5.41, 5.74) is 0.806. The fraction of sp³-hybridized carbons (Fsp3) is 0. The normalized spacial score (nSPS) is 11.2. The second-order valence-electron chi connectivity index (χ2n) is 4.66. The van der Waals surface area contributed by atoms with E-state index < -0.39 is 0 Å². The molecule has 2 heteroatoms. The van der Waals surface area contributed by atoms with E-state index in [9.17, 15) is 0 Å². The average molecular weight is 242 g/mol. The molecule has 4 aromatic rings.